The quantitative estimate of drug-likeness (QED) is 0.735. The van der Waals surface area contributed by atoms with Gasteiger partial charge in [-0.15, -0.1) is 0 Å². The van der Waals surface area contributed by atoms with E-state index in [1.807, 2.05) is 31.2 Å². The zero-order valence-corrected chi connectivity index (χ0v) is 11.3. The molecule has 0 amide bonds. The van der Waals surface area contributed by atoms with E-state index in [0.29, 0.717) is 18.6 Å². The maximum absolute atomic E-state index is 12.1. The van der Waals surface area contributed by atoms with Crippen LogP contribution in [0.5, 0.6) is 11.5 Å². The molecular weight excluding hydrogens is 254 g/mol. The fourth-order valence-electron chi connectivity index (χ4n) is 2.56. The first-order chi connectivity index (χ1) is 9.59. The summed E-state index contributed by atoms with van der Waals surface area (Å²) < 4.78 is 10.6. The molecule has 1 aliphatic carbocycles. The lowest BCUT2D eigenvalue weighted by Crippen LogP contribution is -2.25. The second-order valence-corrected chi connectivity index (χ2v) is 5.55. The summed E-state index contributed by atoms with van der Waals surface area (Å²) in [5.74, 6) is 1.52. The zero-order chi connectivity index (χ0) is 14.2. The fraction of sp³-hybridized carbons (Fsp3) is 0.375. The highest BCUT2D eigenvalue weighted by Crippen LogP contribution is 2.37. The number of hydrogen-bond donors (Lipinski definition) is 0. The number of nitrogens with zero attached hydrogens (tertiary/aromatic N) is 1. The number of rotatable bonds is 1. The first-order valence-electron chi connectivity index (χ1n) is 6.64. The number of fused-ring (bicyclic) bond motifs is 1. The molecule has 3 rings (SSSR count). The molecule has 0 N–H and O–H groups in total. The Morgan fingerprint density at radius 2 is 2.15 bits per heavy atom. The maximum Gasteiger partial charge on any atom is 0.231 e. The molecule has 0 aromatic heterocycles. The van der Waals surface area contributed by atoms with Crippen molar-refractivity contribution < 1.29 is 14.3 Å². The van der Waals surface area contributed by atoms with Crippen molar-refractivity contribution >= 4 is 11.9 Å². The number of Topliss-reactive ketones (excluding diaryl/α,β-unsaturated/α-hetero) is 1. The summed E-state index contributed by atoms with van der Waals surface area (Å²) >= 11 is 0. The first kappa shape index (κ1) is 12.7. The smallest absolute Gasteiger partial charge is 0.231 e. The van der Waals surface area contributed by atoms with Crippen LogP contribution in [0.2, 0.25) is 0 Å². The molecule has 1 aliphatic heterocycles. The number of nitriles is 1. The van der Waals surface area contributed by atoms with Crippen LogP contribution in [0, 0.1) is 16.7 Å². The minimum atomic E-state index is -0.511. The molecule has 20 heavy (non-hydrogen) atoms. The maximum atomic E-state index is 12.1. The number of allylic oxidation sites excluding steroid dienone is 1. The van der Waals surface area contributed by atoms with E-state index in [4.69, 9.17) is 14.7 Å². The van der Waals surface area contributed by atoms with Gasteiger partial charge in [-0.25, -0.2) is 0 Å². The molecule has 1 fully saturated rings. The number of benzene rings is 1. The molecule has 0 saturated heterocycles. The van der Waals surface area contributed by atoms with Gasteiger partial charge in [-0.1, -0.05) is 6.07 Å². The molecule has 0 unspecified atom stereocenters. The highest BCUT2D eigenvalue weighted by Gasteiger charge is 2.33. The van der Waals surface area contributed by atoms with Gasteiger partial charge in [-0.05, 0) is 49.1 Å². The monoisotopic (exact) mass is 269 g/mol. The SMILES string of the molecule is C[C@@]1(C#N)CC/C(=C\c2ccc3c(c2)OCO3)C(=O)C1. The van der Waals surface area contributed by atoms with E-state index >= 15 is 0 Å². The van der Waals surface area contributed by atoms with Gasteiger partial charge in [-0.3, -0.25) is 4.79 Å². The molecule has 4 heteroatoms. The lowest BCUT2D eigenvalue weighted by molar-refractivity contribution is -0.118. The van der Waals surface area contributed by atoms with Crippen LogP contribution in [-0.4, -0.2) is 12.6 Å². The van der Waals surface area contributed by atoms with Gasteiger partial charge >= 0.3 is 0 Å². The van der Waals surface area contributed by atoms with Crippen molar-refractivity contribution in [1.29, 1.82) is 5.26 Å². The van der Waals surface area contributed by atoms with Crippen molar-refractivity contribution in [2.45, 2.75) is 26.2 Å². The summed E-state index contributed by atoms with van der Waals surface area (Å²) in [7, 11) is 0. The van der Waals surface area contributed by atoms with E-state index in [9.17, 15) is 4.79 Å². The predicted octanol–water partition coefficient (Wildman–Crippen LogP) is 3.08. The molecule has 102 valence electrons. The number of carbonyl (C=O) groups excluding carboxylic acids is 1. The summed E-state index contributed by atoms with van der Waals surface area (Å²) in [4.78, 5) is 12.1. The average molecular weight is 269 g/mol. The molecule has 1 aromatic rings. The van der Waals surface area contributed by atoms with Crippen molar-refractivity contribution in [3.05, 3.63) is 29.3 Å². The Labute approximate surface area is 117 Å². The second-order valence-electron chi connectivity index (χ2n) is 5.55. The Kier molecular flexibility index (Phi) is 2.98. The average Bonchev–Trinajstić information content (AvgIpc) is 2.90. The van der Waals surface area contributed by atoms with E-state index in [2.05, 4.69) is 6.07 Å². The molecule has 0 bridgehead atoms. The topological polar surface area (TPSA) is 59.3 Å². The molecule has 0 spiro atoms. The minimum Gasteiger partial charge on any atom is -0.454 e. The van der Waals surface area contributed by atoms with Crippen molar-refractivity contribution in [3.8, 4) is 17.6 Å². The summed E-state index contributed by atoms with van der Waals surface area (Å²) in [6, 6.07) is 7.88. The summed E-state index contributed by atoms with van der Waals surface area (Å²) in [6.07, 6.45) is 3.57. The Balaban J connectivity index is 1.83. The van der Waals surface area contributed by atoms with E-state index in [0.717, 1.165) is 23.3 Å². The van der Waals surface area contributed by atoms with Crippen molar-refractivity contribution in [1.82, 2.24) is 0 Å². The van der Waals surface area contributed by atoms with Gasteiger partial charge in [-0.2, -0.15) is 5.26 Å². The summed E-state index contributed by atoms with van der Waals surface area (Å²) in [5, 5.41) is 9.10. The molecule has 1 saturated carbocycles. The standard InChI is InChI=1S/C16H15NO3/c1-16(9-17)5-4-12(13(18)8-16)6-11-2-3-14-15(7-11)20-10-19-14/h2-3,6-7H,4-5,8,10H2,1H3/b12-6+/t16-/m1/s1. The molecule has 1 atom stereocenters. The largest absolute Gasteiger partial charge is 0.454 e. The third-order valence-electron chi connectivity index (χ3n) is 3.86. The fourth-order valence-corrected chi connectivity index (χ4v) is 2.56. The molecule has 2 aliphatic rings. The number of ketones is 1. The number of ether oxygens (including phenoxy) is 2. The lowest BCUT2D eigenvalue weighted by atomic mass is 9.74. The molecule has 1 aromatic carbocycles. The summed E-state index contributed by atoms with van der Waals surface area (Å²) in [5.41, 5.74) is 1.21. The van der Waals surface area contributed by atoms with Crippen molar-refractivity contribution in [3.63, 3.8) is 0 Å². The van der Waals surface area contributed by atoms with Crippen molar-refractivity contribution in [2.75, 3.05) is 6.79 Å². The van der Waals surface area contributed by atoms with Crippen LogP contribution in [0.1, 0.15) is 31.7 Å². The van der Waals surface area contributed by atoms with Crippen LogP contribution in [0.3, 0.4) is 0 Å². The van der Waals surface area contributed by atoms with Crippen LogP contribution < -0.4 is 9.47 Å². The van der Waals surface area contributed by atoms with Gasteiger partial charge in [0.05, 0.1) is 11.5 Å². The van der Waals surface area contributed by atoms with Gasteiger partial charge in [0.15, 0.2) is 17.3 Å². The molecule has 0 radical (unpaired) electrons. The number of carbonyl (C=O) groups is 1. The third-order valence-corrected chi connectivity index (χ3v) is 3.86. The highest BCUT2D eigenvalue weighted by atomic mass is 16.7. The van der Waals surface area contributed by atoms with Crippen LogP contribution >= 0.6 is 0 Å². The van der Waals surface area contributed by atoms with Crippen LogP contribution in [0.15, 0.2) is 23.8 Å². The van der Waals surface area contributed by atoms with Gasteiger partial charge in [0.25, 0.3) is 0 Å². The van der Waals surface area contributed by atoms with Crippen LogP contribution in [0.4, 0.5) is 0 Å². The van der Waals surface area contributed by atoms with Gasteiger partial charge < -0.3 is 9.47 Å². The lowest BCUT2D eigenvalue weighted by Gasteiger charge is -2.26. The summed E-state index contributed by atoms with van der Waals surface area (Å²) in [6.45, 7) is 2.09. The van der Waals surface area contributed by atoms with Gasteiger partial charge in [0.2, 0.25) is 6.79 Å². The second kappa shape index (κ2) is 4.68. The molecular formula is C16H15NO3. The zero-order valence-electron chi connectivity index (χ0n) is 11.3. The highest BCUT2D eigenvalue weighted by molar-refractivity contribution is 6.00. The van der Waals surface area contributed by atoms with Crippen LogP contribution in [0.25, 0.3) is 6.08 Å². The first-order valence-corrected chi connectivity index (χ1v) is 6.64. The van der Waals surface area contributed by atoms with Gasteiger partial charge in [0.1, 0.15) is 0 Å². The Bertz CT molecular complexity index is 642. The van der Waals surface area contributed by atoms with E-state index in [-0.39, 0.29) is 12.6 Å². The Morgan fingerprint density at radius 1 is 1.35 bits per heavy atom. The predicted molar refractivity (Wildman–Crippen MR) is 73.1 cm³/mol. The Hall–Kier alpha value is -2.28. The molecule has 4 nitrogen and oxygen atoms in total. The Morgan fingerprint density at radius 3 is 2.90 bits per heavy atom. The third kappa shape index (κ3) is 2.27. The van der Waals surface area contributed by atoms with E-state index < -0.39 is 5.41 Å². The minimum absolute atomic E-state index is 0.0676. The number of hydrogen-bond acceptors (Lipinski definition) is 4. The normalized spacial score (nSPS) is 26.6. The van der Waals surface area contributed by atoms with Gasteiger partial charge in [0, 0.05) is 6.42 Å². The van der Waals surface area contributed by atoms with E-state index in [1.54, 1.807) is 0 Å². The van der Waals surface area contributed by atoms with E-state index in [1.165, 1.54) is 0 Å². The molecule has 1 heterocycles. The van der Waals surface area contributed by atoms with Crippen LogP contribution in [-0.2, 0) is 4.79 Å². The van der Waals surface area contributed by atoms with Crippen molar-refractivity contribution in [2.24, 2.45) is 5.41 Å².